The number of halogens is 2. The highest BCUT2D eigenvalue weighted by atomic mass is 19.1. The maximum atomic E-state index is 13.9. The number of amides is 3. The second kappa shape index (κ2) is 18.1. The third-order valence-corrected chi connectivity index (χ3v) is 6.96. The van der Waals surface area contributed by atoms with E-state index in [1.165, 1.54) is 13.0 Å². The molecular formula is C33H45F2N3O5. The number of hydrogen-bond donors (Lipinski definition) is 3. The number of carbonyl (C=O) groups excluding carboxylic acids is 4. The molecule has 2 rings (SSSR count). The molecule has 43 heavy (non-hydrogen) atoms. The molecule has 0 aliphatic rings. The summed E-state index contributed by atoms with van der Waals surface area (Å²) in [7, 11) is 0. The molecule has 3 amide bonds. The van der Waals surface area contributed by atoms with Gasteiger partial charge < -0.3 is 25.4 Å². The van der Waals surface area contributed by atoms with Gasteiger partial charge in [-0.3, -0.25) is 14.4 Å². The van der Waals surface area contributed by atoms with Crippen molar-refractivity contribution in [3.05, 3.63) is 70.3 Å². The van der Waals surface area contributed by atoms with Crippen molar-refractivity contribution in [1.82, 2.24) is 15.5 Å². The number of benzene rings is 2. The third-order valence-electron chi connectivity index (χ3n) is 6.96. The minimum absolute atomic E-state index is 0.0678. The number of aliphatic hydroxyl groups excluding tert-OH is 1. The van der Waals surface area contributed by atoms with Crippen molar-refractivity contribution in [3.63, 3.8) is 0 Å². The number of ketones is 1. The summed E-state index contributed by atoms with van der Waals surface area (Å²) in [5.41, 5.74) is 1.55. The van der Waals surface area contributed by atoms with Crippen LogP contribution in [-0.4, -0.2) is 65.3 Å². The fraction of sp³-hybridized carbons (Fsp3) is 0.515. The Balaban J connectivity index is 2.18. The molecule has 0 unspecified atom stereocenters. The third kappa shape index (κ3) is 12.6. The van der Waals surface area contributed by atoms with E-state index in [0.29, 0.717) is 43.5 Å². The van der Waals surface area contributed by atoms with Gasteiger partial charge in [-0.05, 0) is 93.8 Å². The molecule has 0 aromatic heterocycles. The second-order valence-corrected chi connectivity index (χ2v) is 11.1. The lowest BCUT2D eigenvalue weighted by Crippen LogP contribution is -2.46. The fourth-order valence-electron chi connectivity index (χ4n) is 4.90. The SMILES string of the molecule is CCCN(CCC)C(=O)c1cc(C)cc(C(=O)N[C@@H](Cc2cc(F)cc(F)c2)[C@H](O)CCNC(=O)CCCCC(C)=O)c1. The Morgan fingerprint density at radius 1 is 0.884 bits per heavy atom. The predicted octanol–water partition coefficient (Wildman–Crippen LogP) is 4.89. The second-order valence-electron chi connectivity index (χ2n) is 11.1. The summed E-state index contributed by atoms with van der Waals surface area (Å²) in [4.78, 5) is 51.6. The van der Waals surface area contributed by atoms with Gasteiger partial charge >= 0.3 is 0 Å². The smallest absolute Gasteiger partial charge is 0.253 e. The Bertz CT molecular complexity index is 1230. The van der Waals surface area contributed by atoms with E-state index in [1.54, 1.807) is 24.0 Å². The number of nitrogens with one attached hydrogen (secondary N) is 2. The van der Waals surface area contributed by atoms with Crippen molar-refractivity contribution < 1.29 is 33.1 Å². The van der Waals surface area contributed by atoms with Crippen LogP contribution in [0.3, 0.4) is 0 Å². The fourth-order valence-corrected chi connectivity index (χ4v) is 4.90. The molecule has 2 aromatic carbocycles. The number of carbonyl (C=O) groups is 4. The molecule has 2 aromatic rings. The zero-order chi connectivity index (χ0) is 31.9. The molecule has 0 bridgehead atoms. The molecule has 0 radical (unpaired) electrons. The lowest BCUT2D eigenvalue weighted by molar-refractivity contribution is -0.122. The van der Waals surface area contributed by atoms with Crippen molar-refractivity contribution in [3.8, 4) is 0 Å². The van der Waals surface area contributed by atoms with E-state index < -0.39 is 29.7 Å². The molecule has 0 saturated carbocycles. The minimum Gasteiger partial charge on any atom is -0.391 e. The van der Waals surface area contributed by atoms with Gasteiger partial charge in [0, 0.05) is 49.7 Å². The van der Waals surface area contributed by atoms with Gasteiger partial charge in [0.15, 0.2) is 0 Å². The summed E-state index contributed by atoms with van der Waals surface area (Å²) < 4.78 is 27.8. The highest BCUT2D eigenvalue weighted by Gasteiger charge is 2.24. The van der Waals surface area contributed by atoms with E-state index in [-0.39, 0.29) is 54.5 Å². The van der Waals surface area contributed by atoms with Crippen LogP contribution in [0.1, 0.15) is 97.6 Å². The van der Waals surface area contributed by atoms with Crippen LogP contribution in [0.2, 0.25) is 0 Å². The molecule has 0 aliphatic carbocycles. The van der Waals surface area contributed by atoms with Crippen LogP contribution >= 0.6 is 0 Å². The van der Waals surface area contributed by atoms with E-state index in [1.807, 2.05) is 13.8 Å². The van der Waals surface area contributed by atoms with E-state index in [0.717, 1.165) is 31.0 Å². The van der Waals surface area contributed by atoms with Crippen LogP contribution in [0.25, 0.3) is 0 Å². The largest absolute Gasteiger partial charge is 0.391 e. The van der Waals surface area contributed by atoms with Crippen molar-refractivity contribution in [2.24, 2.45) is 0 Å². The number of aliphatic hydroxyl groups is 1. The zero-order valence-corrected chi connectivity index (χ0v) is 25.7. The first-order valence-corrected chi connectivity index (χ1v) is 15.0. The molecule has 0 fully saturated rings. The Morgan fingerprint density at radius 3 is 2.09 bits per heavy atom. The summed E-state index contributed by atoms with van der Waals surface area (Å²) >= 11 is 0. The maximum absolute atomic E-state index is 13.9. The van der Waals surface area contributed by atoms with Crippen molar-refractivity contribution in [2.75, 3.05) is 19.6 Å². The Hall–Kier alpha value is -3.66. The number of Topliss-reactive ketones (excluding diaryl/α,β-unsaturated/α-hetero) is 1. The van der Waals surface area contributed by atoms with Gasteiger partial charge in [0.05, 0.1) is 12.1 Å². The number of aryl methyl sites for hydroxylation is 1. The van der Waals surface area contributed by atoms with E-state index in [9.17, 15) is 33.1 Å². The first-order valence-electron chi connectivity index (χ1n) is 15.0. The van der Waals surface area contributed by atoms with Crippen LogP contribution in [-0.2, 0) is 16.0 Å². The van der Waals surface area contributed by atoms with Crippen molar-refractivity contribution in [2.45, 2.75) is 91.2 Å². The van der Waals surface area contributed by atoms with Crippen LogP contribution in [0.5, 0.6) is 0 Å². The predicted molar refractivity (Wildman–Crippen MR) is 162 cm³/mol. The normalized spacial score (nSPS) is 12.3. The molecule has 3 N–H and O–H groups in total. The lowest BCUT2D eigenvalue weighted by Gasteiger charge is -2.25. The van der Waals surface area contributed by atoms with Gasteiger partial charge in [0.2, 0.25) is 5.91 Å². The monoisotopic (exact) mass is 601 g/mol. The molecule has 2 atom stereocenters. The lowest BCUT2D eigenvalue weighted by atomic mass is 9.97. The van der Waals surface area contributed by atoms with E-state index in [2.05, 4.69) is 10.6 Å². The molecule has 8 nitrogen and oxygen atoms in total. The summed E-state index contributed by atoms with van der Waals surface area (Å²) in [5.74, 6) is -2.44. The van der Waals surface area contributed by atoms with E-state index >= 15 is 0 Å². The average Bonchev–Trinajstić information content (AvgIpc) is 2.93. The van der Waals surface area contributed by atoms with E-state index in [4.69, 9.17) is 0 Å². The number of unbranched alkanes of at least 4 members (excludes halogenated alkanes) is 1. The highest BCUT2D eigenvalue weighted by Crippen LogP contribution is 2.17. The van der Waals surface area contributed by atoms with Gasteiger partial charge in [0.25, 0.3) is 11.8 Å². The molecule has 10 heteroatoms. The van der Waals surface area contributed by atoms with Crippen LogP contribution < -0.4 is 10.6 Å². The zero-order valence-electron chi connectivity index (χ0n) is 25.7. The van der Waals surface area contributed by atoms with Crippen molar-refractivity contribution in [1.29, 1.82) is 0 Å². The maximum Gasteiger partial charge on any atom is 0.253 e. The standard InChI is InChI=1S/C33H45F2N3O5/c1-5-13-38(14-6-2)33(43)26-16-22(3)15-25(20-26)32(42)37-29(19-24-17-27(34)21-28(35)18-24)30(40)11-12-36-31(41)10-8-7-9-23(4)39/h15-18,20-21,29-30,40H,5-14,19H2,1-4H3,(H,36,41)(H,37,42)/t29-,30+/m0/s1. The number of rotatable bonds is 18. The highest BCUT2D eigenvalue weighted by molar-refractivity contribution is 6.00. The summed E-state index contributed by atoms with van der Waals surface area (Å²) in [6.45, 7) is 8.56. The quantitative estimate of drug-likeness (QED) is 0.211. The van der Waals surface area contributed by atoms with Crippen molar-refractivity contribution >= 4 is 23.5 Å². The molecule has 0 heterocycles. The molecular weight excluding hydrogens is 556 g/mol. The van der Waals surface area contributed by atoms with Crippen LogP contribution in [0, 0.1) is 18.6 Å². The average molecular weight is 602 g/mol. The summed E-state index contributed by atoms with van der Waals surface area (Å²) in [6.07, 6.45) is 2.27. The number of nitrogens with zero attached hydrogens (tertiary/aromatic N) is 1. The summed E-state index contributed by atoms with van der Waals surface area (Å²) in [5, 5.41) is 16.5. The minimum atomic E-state index is -1.16. The van der Waals surface area contributed by atoms with Crippen LogP contribution in [0.4, 0.5) is 8.78 Å². The Kier molecular flexibility index (Phi) is 15.0. The van der Waals surface area contributed by atoms with Gasteiger partial charge in [0.1, 0.15) is 17.4 Å². The first kappa shape index (κ1) is 35.5. The molecule has 0 saturated heterocycles. The first-order chi connectivity index (χ1) is 20.4. The molecule has 0 spiro atoms. The Morgan fingerprint density at radius 2 is 1.49 bits per heavy atom. The number of hydrogen-bond acceptors (Lipinski definition) is 5. The molecule has 0 aliphatic heterocycles. The van der Waals surface area contributed by atoms with Crippen LogP contribution in [0.15, 0.2) is 36.4 Å². The Labute approximate surface area is 253 Å². The molecule has 236 valence electrons. The van der Waals surface area contributed by atoms with Gasteiger partial charge in [-0.25, -0.2) is 8.78 Å². The topological polar surface area (TPSA) is 116 Å². The van der Waals surface area contributed by atoms with Gasteiger partial charge in [-0.2, -0.15) is 0 Å². The summed E-state index contributed by atoms with van der Waals surface area (Å²) in [6, 6.07) is 6.94. The van der Waals surface area contributed by atoms with Gasteiger partial charge in [-0.15, -0.1) is 0 Å². The van der Waals surface area contributed by atoms with Gasteiger partial charge in [-0.1, -0.05) is 13.8 Å².